The minimum atomic E-state index is -3.45. The summed E-state index contributed by atoms with van der Waals surface area (Å²) in [5, 5.41) is 2.77. The van der Waals surface area contributed by atoms with Gasteiger partial charge in [-0.25, -0.2) is 17.2 Å². The van der Waals surface area contributed by atoms with Crippen molar-refractivity contribution < 1.29 is 17.2 Å². The molecular weight excluding hydrogens is 272 g/mol. The Hall–Kier alpha value is -1.01. The van der Waals surface area contributed by atoms with Crippen LogP contribution in [-0.2, 0) is 9.84 Å². The predicted molar refractivity (Wildman–Crippen MR) is 71.8 cm³/mol. The van der Waals surface area contributed by atoms with Crippen molar-refractivity contribution >= 4 is 9.84 Å². The van der Waals surface area contributed by atoms with Crippen LogP contribution in [0.2, 0.25) is 0 Å². The van der Waals surface area contributed by atoms with E-state index in [2.05, 4.69) is 5.32 Å². The van der Waals surface area contributed by atoms with Crippen molar-refractivity contribution in [1.82, 2.24) is 5.32 Å². The fourth-order valence-electron chi connectivity index (χ4n) is 1.98. The quantitative estimate of drug-likeness (QED) is 0.926. The smallest absolute Gasteiger partial charge is 0.163 e. The molecule has 0 saturated carbocycles. The van der Waals surface area contributed by atoms with Crippen LogP contribution in [0.4, 0.5) is 8.78 Å². The zero-order valence-corrected chi connectivity index (χ0v) is 12.5. The van der Waals surface area contributed by atoms with Crippen molar-refractivity contribution in [2.45, 2.75) is 31.6 Å². The number of rotatable bonds is 4. The summed E-state index contributed by atoms with van der Waals surface area (Å²) in [7, 11) is -1.93. The van der Waals surface area contributed by atoms with Gasteiger partial charge in [0.2, 0.25) is 0 Å². The van der Waals surface area contributed by atoms with Crippen molar-refractivity contribution in [2.75, 3.05) is 13.3 Å². The van der Waals surface area contributed by atoms with Gasteiger partial charge in [0.05, 0.1) is 10.8 Å². The van der Waals surface area contributed by atoms with Crippen LogP contribution in [0.15, 0.2) is 12.1 Å². The van der Waals surface area contributed by atoms with Crippen molar-refractivity contribution in [3.63, 3.8) is 0 Å². The molecule has 1 rings (SSSR count). The lowest BCUT2D eigenvalue weighted by atomic mass is 9.94. The van der Waals surface area contributed by atoms with Crippen LogP contribution < -0.4 is 5.32 Å². The number of halogens is 2. The van der Waals surface area contributed by atoms with Crippen LogP contribution in [0.5, 0.6) is 0 Å². The average molecular weight is 291 g/mol. The number of sulfone groups is 1. The van der Waals surface area contributed by atoms with Crippen LogP contribution in [0.25, 0.3) is 0 Å². The standard InChI is InChI=1S/C13H19F2NO2S/c1-8-6-7-9(11(15)10(8)14)12(16-4)13(2,3)19(5,17)18/h6-7,12,16H,1-5H3. The lowest BCUT2D eigenvalue weighted by Gasteiger charge is -2.33. The third-order valence-electron chi connectivity index (χ3n) is 3.56. The van der Waals surface area contributed by atoms with Gasteiger partial charge in [-0.2, -0.15) is 0 Å². The second-order valence-electron chi connectivity index (χ2n) is 5.20. The lowest BCUT2D eigenvalue weighted by molar-refractivity contribution is 0.415. The Kier molecular flexibility index (Phi) is 4.37. The Morgan fingerprint density at radius 2 is 1.74 bits per heavy atom. The van der Waals surface area contributed by atoms with Crippen LogP contribution >= 0.6 is 0 Å². The first-order valence-corrected chi connectivity index (χ1v) is 7.74. The van der Waals surface area contributed by atoms with Crippen LogP contribution in [-0.4, -0.2) is 26.5 Å². The summed E-state index contributed by atoms with van der Waals surface area (Å²) < 4.78 is 50.0. The van der Waals surface area contributed by atoms with E-state index in [0.717, 1.165) is 6.26 Å². The van der Waals surface area contributed by atoms with E-state index in [-0.39, 0.29) is 11.1 Å². The third-order valence-corrected chi connectivity index (χ3v) is 5.70. The number of hydrogen-bond acceptors (Lipinski definition) is 3. The monoisotopic (exact) mass is 291 g/mol. The summed E-state index contributed by atoms with van der Waals surface area (Å²) in [6, 6.07) is 2.02. The first kappa shape index (κ1) is 16.0. The van der Waals surface area contributed by atoms with E-state index in [1.165, 1.54) is 40.0 Å². The molecule has 1 aromatic rings. The molecule has 3 nitrogen and oxygen atoms in total. The summed E-state index contributed by atoms with van der Waals surface area (Å²) in [5.41, 5.74) is 0.203. The number of hydrogen-bond donors (Lipinski definition) is 1. The van der Waals surface area contributed by atoms with Crippen LogP contribution in [0, 0.1) is 18.6 Å². The number of benzene rings is 1. The second-order valence-corrected chi connectivity index (χ2v) is 7.79. The molecule has 0 aromatic heterocycles. The van der Waals surface area contributed by atoms with E-state index < -0.39 is 32.3 Å². The highest BCUT2D eigenvalue weighted by atomic mass is 32.2. The summed E-state index contributed by atoms with van der Waals surface area (Å²) in [6.45, 7) is 4.43. The molecule has 6 heteroatoms. The Morgan fingerprint density at radius 3 is 2.16 bits per heavy atom. The molecule has 0 aliphatic rings. The Bertz CT molecular complexity index is 583. The summed E-state index contributed by atoms with van der Waals surface area (Å²) in [5.74, 6) is -1.95. The Balaban J connectivity index is 3.46. The maximum absolute atomic E-state index is 14.0. The van der Waals surface area contributed by atoms with Gasteiger partial charge >= 0.3 is 0 Å². The van der Waals surface area contributed by atoms with E-state index in [1.807, 2.05) is 0 Å². The summed E-state index contributed by atoms with van der Waals surface area (Å²) in [4.78, 5) is 0. The molecule has 0 bridgehead atoms. The van der Waals surface area contributed by atoms with Gasteiger partial charge in [-0.05, 0) is 33.4 Å². The van der Waals surface area contributed by atoms with E-state index in [9.17, 15) is 17.2 Å². The van der Waals surface area contributed by atoms with Crippen molar-refractivity contribution in [3.8, 4) is 0 Å². The van der Waals surface area contributed by atoms with Crippen molar-refractivity contribution in [1.29, 1.82) is 0 Å². The molecule has 0 spiro atoms. The van der Waals surface area contributed by atoms with Crippen molar-refractivity contribution in [2.24, 2.45) is 0 Å². The van der Waals surface area contributed by atoms with Gasteiger partial charge in [-0.3, -0.25) is 0 Å². The van der Waals surface area contributed by atoms with Crippen molar-refractivity contribution in [3.05, 3.63) is 34.9 Å². The Morgan fingerprint density at radius 1 is 1.21 bits per heavy atom. The minimum Gasteiger partial charge on any atom is -0.312 e. The van der Waals surface area contributed by atoms with Gasteiger partial charge in [0, 0.05) is 11.8 Å². The fourth-order valence-corrected chi connectivity index (χ4v) is 2.65. The van der Waals surface area contributed by atoms with Gasteiger partial charge in [0.1, 0.15) is 0 Å². The van der Waals surface area contributed by atoms with Gasteiger partial charge in [-0.15, -0.1) is 0 Å². The van der Waals surface area contributed by atoms with Gasteiger partial charge in [0.25, 0.3) is 0 Å². The molecule has 19 heavy (non-hydrogen) atoms. The van der Waals surface area contributed by atoms with Crippen LogP contribution in [0.1, 0.15) is 31.0 Å². The molecule has 0 fully saturated rings. The fraction of sp³-hybridized carbons (Fsp3) is 0.538. The average Bonchev–Trinajstić information content (AvgIpc) is 2.28. The zero-order valence-electron chi connectivity index (χ0n) is 11.7. The normalized spacial score (nSPS) is 14.5. The number of nitrogens with one attached hydrogen (secondary N) is 1. The predicted octanol–water partition coefficient (Wildman–Crippen LogP) is 2.36. The molecule has 0 heterocycles. The maximum atomic E-state index is 14.0. The summed E-state index contributed by atoms with van der Waals surface area (Å²) >= 11 is 0. The van der Waals surface area contributed by atoms with E-state index in [4.69, 9.17) is 0 Å². The van der Waals surface area contributed by atoms with Crippen LogP contribution in [0.3, 0.4) is 0 Å². The Labute approximate surface area is 112 Å². The highest BCUT2D eigenvalue weighted by Crippen LogP contribution is 2.34. The van der Waals surface area contributed by atoms with Gasteiger partial charge < -0.3 is 5.32 Å². The second kappa shape index (κ2) is 5.17. The number of aryl methyl sites for hydroxylation is 1. The first-order chi connectivity index (χ1) is 8.54. The molecule has 0 amide bonds. The lowest BCUT2D eigenvalue weighted by Crippen LogP contribution is -2.44. The highest BCUT2D eigenvalue weighted by molar-refractivity contribution is 7.92. The first-order valence-electron chi connectivity index (χ1n) is 5.85. The molecule has 1 aromatic carbocycles. The molecule has 1 atom stereocenters. The SMILES string of the molecule is CNC(c1ccc(C)c(F)c1F)C(C)(C)S(C)(=O)=O. The third kappa shape index (κ3) is 2.79. The van der Waals surface area contributed by atoms with E-state index >= 15 is 0 Å². The molecule has 0 aliphatic heterocycles. The zero-order chi connectivity index (χ0) is 15.0. The van der Waals surface area contributed by atoms with E-state index in [0.29, 0.717) is 0 Å². The largest absolute Gasteiger partial charge is 0.312 e. The highest BCUT2D eigenvalue weighted by Gasteiger charge is 2.40. The van der Waals surface area contributed by atoms with Gasteiger partial charge in [0.15, 0.2) is 21.5 Å². The summed E-state index contributed by atoms with van der Waals surface area (Å²) in [6.07, 6.45) is 1.08. The maximum Gasteiger partial charge on any atom is 0.163 e. The molecule has 108 valence electrons. The minimum absolute atomic E-state index is 0.0148. The van der Waals surface area contributed by atoms with Gasteiger partial charge in [-0.1, -0.05) is 12.1 Å². The molecule has 1 unspecified atom stereocenters. The van der Waals surface area contributed by atoms with E-state index in [1.54, 1.807) is 0 Å². The molecule has 1 N–H and O–H groups in total. The molecule has 0 radical (unpaired) electrons. The molecule has 0 saturated heterocycles. The topological polar surface area (TPSA) is 46.2 Å². The molecule has 0 aliphatic carbocycles. The molecular formula is C13H19F2NO2S.